The lowest BCUT2D eigenvalue weighted by molar-refractivity contribution is 0.102. The second kappa shape index (κ2) is 6.21. The summed E-state index contributed by atoms with van der Waals surface area (Å²) in [7, 11) is 1.54. The van der Waals surface area contributed by atoms with Crippen molar-refractivity contribution in [1.29, 1.82) is 0 Å². The van der Waals surface area contributed by atoms with Gasteiger partial charge in [-0.25, -0.2) is 4.98 Å². The van der Waals surface area contributed by atoms with Crippen molar-refractivity contribution in [2.24, 2.45) is 0 Å². The molecule has 23 heavy (non-hydrogen) atoms. The fourth-order valence-corrected chi connectivity index (χ4v) is 2.90. The molecule has 0 unspecified atom stereocenters. The Labute approximate surface area is 136 Å². The van der Waals surface area contributed by atoms with Crippen LogP contribution in [0.4, 0.5) is 5.13 Å². The normalized spacial score (nSPS) is 10.7. The number of aromatic nitrogens is 2. The highest BCUT2D eigenvalue weighted by atomic mass is 32.1. The van der Waals surface area contributed by atoms with Crippen LogP contribution in [0.3, 0.4) is 0 Å². The monoisotopic (exact) mass is 329 g/mol. The van der Waals surface area contributed by atoms with Crippen LogP contribution < -0.4 is 15.5 Å². The standard InChI is InChI=1S/C16H15N3O3S/c1-3-19-9-12(15(21)18-16-17-6-7-23-16)14(20)11-8-10(22-2)4-5-13(11)19/h4-9H,3H2,1-2H3,(H,17,18,21). The third-order valence-electron chi connectivity index (χ3n) is 3.53. The molecule has 0 saturated carbocycles. The van der Waals surface area contributed by atoms with Crippen molar-refractivity contribution < 1.29 is 9.53 Å². The van der Waals surface area contributed by atoms with Gasteiger partial charge in [0.25, 0.3) is 5.91 Å². The summed E-state index contributed by atoms with van der Waals surface area (Å²) < 4.78 is 7.05. The summed E-state index contributed by atoms with van der Waals surface area (Å²) in [4.78, 5) is 29.1. The van der Waals surface area contributed by atoms with Gasteiger partial charge in [0.2, 0.25) is 5.43 Å². The van der Waals surface area contributed by atoms with Crippen LogP contribution in [0.25, 0.3) is 10.9 Å². The van der Waals surface area contributed by atoms with Crippen LogP contribution in [-0.2, 0) is 6.54 Å². The molecule has 1 N–H and O–H groups in total. The number of thiazole rings is 1. The summed E-state index contributed by atoms with van der Waals surface area (Å²) in [6, 6.07) is 5.27. The molecule has 0 fully saturated rings. The molecule has 7 heteroatoms. The Morgan fingerprint density at radius 3 is 2.91 bits per heavy atom. The van der Waals surface area contributed by atoms with E-state index in [0.29, 0.717) is 22.8 Å². The number of carbonyl (C=O) groups is 1. The van der Waals surface area contributed by atoms with Gasteiger partial charge in [-0.2, -0.15) is 0 Å². The van der Waals surface area contributed by atoms with Crippen LogP contribution in [0.1, 0.15) is 17.3 Å². The number of fused-ring (bicyclic) bond motifs is 1. The van der Waals surface area contributed by atoms with Gasteiger partial charge in [0, 0.05) is 24.3 Å². The van der Waals surface area contributed by atoms with E-state index in [4.69, 9.17) is 4.74 Å². The number of anilines is 1. The Balaban J connectivity index is 2.15. The van der Waals surface area contributed by atoms with Crippen molar-refractivity contribution in [3.05, 3.63) is 51.8 Å². The predicted molar refractivity (Wildman–Crippen MR) is 90.5 cm³/mol. The van der Waals surface area contributed by atoms with E-state index in [2.05, 4.69) is 10.3 Å². The van der Waals surface area contributed by atoms with E-state index in [-0.39, 0.29) is 11.0 Å². The van der Waals surface area contributed by atoms with Crippen molar-refractivity contribution in [2.45, 2.75) is 13.5 Å². The first-order valence-corrected chi connectivity index (χ1v) is 7.94. The number of ether oxygens (including phenoxy) is 1. The minimum atomic E-state index is -0.461. The van der Waals surface area contributed by atoms with Crippen LogP contribution in [-0.4, -0.2) is 22.6 Å². The van der Waals surface area contributed by atoms with E-state index >= 15 is 0 Å². The van der Waals surface area contributed by atoms with Gasteiger partial charge in [-0.05, 0) is 25.1 Å². The summed E-state index contributed by atoms with van der Waals surface area (Å²) in [6.07, 6.45) is 3.18. The molecule has 0 bridgehead atoms. The molecule has 6 nitrogen and oxygen atoms in total. The number of nitrogens with one attached hydrogen (secondary N) is 1. The number of benzene rings is 1. The van der Waals surface area contributed by atoms with Crippen LogP contribution >= 0.6 is 11.3 Å². The van der Waals surface area contributed by atoms with Gasteiger partial charge in [-0.3, -0.25) is 14.9 Å². The van der Waals surface area contributed by atoms with E-state index in [1.165, 1.54) is 11.3 Å². The van der Waals surface area contributed by atoms with Crippen LogP contribution in [0, 0.1) is 0 Å². The fraction of sp³-hybridized carbons (Fsp3) is 0.188. The molecule has 2 aromatic heterocycles. The van der Waals surface area contributed by atoms with Crippen LogP contribution in [0.5, 0.6) is 5.75 Å². The minimum Gasteiger partial charge on any atom is -0.497 e. The average Bonchev–Trinajstić information content (AvgIpc) is 3.07. The van der Waals surface area contributed by atoms with Gasteiger partial charge in [0.15, 0.2) is 5.13 Å². The molecule has 118 valence electrons. The zero-order valence-corrected chi connectivity index (χ0v) is 13.5. The number of pyridine rings is 1. The lowest BCUT2D eigenvalue weighted by Gasteiger charge is -2.12. The van der Waals surface area contributed by atoms with Gasteiger partial charge in [-0.1, -0.05) is 0 Å². The third kappa shape index (κ3) is 2.83. The Kier molecular flexibility index (Phi) is 4.12. The Morgan fingerprint density at radius 2 is 2.26 bits per heavy atom. The zero-order valence-electron chi connectivity index (χ0n) is 12.7. The SMILES string of the molecule is CCn1cc(C(=O)Nc2nccs2)c(=O)c2cc(OC)ccc21. The zero-order chi connectivity index (χ0) is 16.4. The smallest absolute Gasteiger partial charge is 0.262 e. The van der Waals surface area contributed by atoms with E-state index in [9.17, 15) is 9.59 Å². The Morgan fingerprint density at radius 1 is 1.43 bits per heavy atom. The fourth-order valence-electron chi connectivity index (χ4n) is 2.38. The number of aryl methyl sites for hydroxylation is 1. The van der Waals surface area contributed by atoms with Gasteiger partial charge in [0.1, 0.15) is 11.3 Å². The summed E-state index contributed by atoms with van der Waals surface area (Å²) in [5.74, 6) is 0.117. The molecule has 3 rings (SSSR count). The molecule has 0 spiro atoms. The first-order valence-electron chi connectivity index (χ1n) is 7.06. The molecule has 0 aliphatic heterocycles. The quantitative estimate of drug-likeness (QED) is 0.799. The maximum atomic E-state index is 12.7. The van der Waals surface area contributed by atoms with E-state index in [1.807, 2.05) is 17.6 Å². The first kappa shape index (κ1) is 15.2. The number of nitrogens with zero attached hydrogens (tertiary/aromatic N) is 2. The lowest BCUT2D eigenvalue weighted by Crippen LogP contribution is -2.23. The highest BCUT2D eigenvalue weighted by Crippen LogP contribution is 2.19. The largest absolute Gasteiger partial charge is 0.497 e. The van der Waals surface area contributed by atoms with Crippen molar-refractivity contribution in [3.8, 4) is 5.75 Å². The number of amides is 1. The maximum absolute atomic E-state index is 12.7. The van der Waals surface area contributed by atoms with Crippen molar-refractivity contribution in [1.82, 2.24) is 9.55 Å². The second-order valence-corrected chi connectivity index (χ2v) is 5.73. The lowest BCUT2D eigenvalue weighted by atomic mass is 10.1. The van der Waals surface area contributed by atoms with Gasteiger partial charge in [-0.15, -0.1) is 11.3 Å². The second-order valence-electron chi connectivity index (χ2n) is 4.83. The van der Waals surface area contributed by atoms with Crippen LogP contribution in [0.2, 0.25) is 0 Å². The highest BCUT2D eigenvalue weighted by Gasteiger charge is 2.16. The Hall–Kier alpha value is -2.67. The molecule has 2 heterocycles. The molecule has 0 aliphatic carbocycles. The number of rotatable bonds is 4. The highest BCUT2D eigenvalue weighted by molar-refractivity contribution is 7.13. The molecule has 1 aromatic carbocycles. The molecule has 3 aromatic rings. The molecule has 0 saturated heterocycles. The van der Waals surface area contributed by atoms with Crippen LogP contribution in [0.15, 0.2) is 40.8 Å². The Bertz CT molecular complexity index is 916. The topological polar surface area (TPSA) is 73.2 Å². The molecule has 0 atom stereocenters. The molecule has 1 amide bonds. The van der Waals surface area contributed by atoms with Crippen molar-refractivity contribution >= 4 is 33.3 Å². The summed E-state index contributed by atoms with van der Waals surface area (Å²) in [5, 5.41) is 5.32. The van der Waals surface area contributed by atoms with Crippen molar-refractivity contribution in [2.75, 3.05) is 12.4 Å². The molecule has 0 aliphatic rings. The first-order chi connectivity index (χ1) is 11.1. The van der Waals surface area contributed by atoms with E-state index in [1.54, 1.807) is 37.0 Å². The number of methoxy groups -OCH3 is 1. The van der Waals surface area contributed by atoms with Gasteiger partial charge < -0.3 is 9.30 Å². The third-order valence-corrected chi connectivity index (χ3v) is 4.21. The minimum absolute atomic E-state index is 0.0859. The van der Waals surface area contributed by atoms with E-state index in [0.717, 1.165) is 5.52 Å². The average molecular weight is 329 g/mol. The number of hydrogen-bond donors (Lipinski definition) is 1. The summed E-state index contributed by atoms with van der Waals surface area (Å²) >= 11 is 1.30. The molecular weight excluding hydrogens is 314 g/mol. The maximum Gasteiger partial charge on any atom is 0.262 e. The molecule has 0 radical (unpaired) electrons. The summed E-state index contributed by atoms with van der Waals surface area (Å²) in [6.45, 7) is 2.59. The number of hydrogen-bond acceptors (Lipinski definition) is 5. The van der Waals surface area contributed by atoms with Gasteiger partial charge >= 0.3 is 0 Å². The summed E-state index contributed by atoms with van der Waals surface area (Å²) in [5.41, 5.74) is 0.532. The number of carbonyl (C=O) groups excluding carboxylic acids is 1. The van der Waals surface area contributed by atoms with Gasteiger partial charge in [0.05, 0.1) is 18.0 Å². The van der Waals surface area contributed by atoms with E-state index < -0.39 is 5.91 Å². The van der Waals surface area contributed by atoms with Crippen molar-refractivity contribution in [3.63, 3.8) is 0 Å². The molecular formula is C16H15N3O3S. The predicted octanol–water partition coefficient (Wildman–Crippen LogP) is 2.74.